The number of rotatable bonds is 7. The van der Waals surface area contributed by atoms with Crippen LogP contribution in [0, 0.1) is 5.82 Å². The molecule has 2 unspecified atom stereocenters. The maximum absolute atomic E-state index is 14.8. The molecular formula is C32H31FIN7O. The van der Waals surface area contributed by atoms with Crippen molar-refractivity contribution in [2.75, 3.05) is 13.1 Å². The molecule has 1 aromatic heterocycles. The van der Waals surface area contributed by atoms with Crippen molar-refractivity contribution in [1.29, 1.82) is 0 Å². The third kappa shape index (κ3) is 5.40. The number of aliphatic imine (C=N–C) groups is 2. The maximum atomic E-state index is 14.8. The number of allylic oxidation sites excluding steroid dienone is 3. The lowest BCUT2D eigenvalue weighted by Gasteiger charge is -2.22. The number of aromatic nitrogens is 2. The number of H-pyrrole nitrogens is 1. The third-order valence-electron chi connectivity index (χ3n) is 7.98. The second-order valence-corrected chi connectivity index (χ2v) is 12.9. The quantitative estimate of drug-likeness (QED) is 0.306. The molecule has 214 valence electrons. The molecule has 1 fully saturated rings. The van der Waals surface area contributed by atoms with Crippen LogP contribution in [0.3, 0.4) is 0 Å². The fourth-order valence-electron chi connectivity index (χ4n) is 5.88. The number of likely N-dealkylation sites (tertiary alicyclic amines) is 1. The van der Waals surface area contributed by atoms with Crippen molar-refractivity contribution in [1.82, 2.24) is 25.7 Å². The highest BCUT2D eigenvalue weighted by Crippen LogP contribution is 2.33. The lowest BCUT2D eigenvalue weighted by atomic mass is 9.92. The van der Waals surface area contributed by atoms with Crippen LogP contribution in [0.25, 0.3) is 22.0 Å². The van der Waals surface area contributed by atoms with E-state index >= 15 is 0 Å². The monoisotopic (exact) mass is 675 g/mol. The van der Waals surface area contributed by atoms with Crippen molar-refractivity contribution < 1.29 is 9.18 Å². The van der Waals surface area contributed by atoms with Crippen molar-refractivity contribution in [3.05, 3.63) is 86.7 Å². The van der Waals surface area contributed by atoms with Crippen LogP contribution in [0.2, 0.25) is 0 Å². The second-order valence-electron chi connectivity index (χ2n) is 10.9. The number of aromatic amines is 1. The number of amidine groups is 1. The van der Waals surface area contributed by atoms with Crippen molar-refractivity contribution >= 4 is 64.7 Å². The number of fused-ring (bicyclic) bond motifs is 2. The molecule has 3 N–H and O–H groups in total. The van der Waals surface area contributed by atoms with Gasteiger partial charge in [-0.05, 0) is 92.7 Å². The van der Waals surface area contributed by atoms with Crippen LogP contribution in [0.1, 0.15) is 48.6 Å². The molecule has 2 atom stereocenters. The lowest BCUT2D eigenvalue weighted by molar-refractivity contribution is -0.119. The number of carbonyl (C=O) groups is 1. The summed E-state index contributed by atoms with van der Waals surface area (Å²) in [5.74, 6) is 0.462. The van der Waals surface area contributed by atoms with Crippen molar-refractivity contribution in [3.8, 4) is 0 Å². The first-order chi connectivity index (χ1) is 20.5. The number of amides is 1. The van der Waals surface area contributed by atoms with Crippen LogP contribution in [0.5, 0.6) is 0 Å². The first kappa shape index (κ1) is 27.1. The number of hydrogen-bond donors (Lipinski definition) is 3. The second kappa shape index (κ2) is 11.5. The first-order valence-electron chi connectivity index (χ1n) is 14.3. The molecule has 4 aliphatic rings. The van der Waals surface area contributed by atoms with Crippen LogP contribution in [-0.4, -0.2) is 62.2 Å². The Morgan fingerprint density at radius 1 is 1.17 bits per heavy atom. The summed E-state index contributed by atoms with van der Waals surface area (Å²) < 4.78 is 19.2. The molecule has 0 saturated carbocycles. The summed E-state index contributed by atoms with van der Waals surface area (Å²) in [6.45, 7) is 4.72. The summed E-state index contributed by atoms with van der Waals surface area (Å²) in [6.07, 6.45) is 8.54. The Morgan fingerprint density at radius 2 is 2.05 bits per heavy atom. The topological polar surface area (TPSA) is 97.8 Å². The summed E-state index contributed by atoms with van der Waals surface area (Å²) in [4.78, 5) is 23.9. The van der Waals surface area contributed by atoms with Gasteiger partial charge in [0.1, 0.15) is 17.6 Å². The van der Waals surface area contributed by atoms with Crippen molar-refractivity contribution in [2.45, 2.75) is 44.8 Å². The minimum absolute atomic E-state index is 0.0140. The molecule has 1 amide bonds. The molecule has 5 heterocycles. The van der Waals surface area contributed by atoms with E-state index in [-0.39, 0.29) is 44.5 Å². The van der Waals surface area contributed by atoms with Crippen LogP contribution in [-0.2, 0) is 11.3 Å². The lowest BCUT2D eigenvalue weighted by Crippen LogP contribution is -2.38. The minimum Gasteiger partial charge on any atom is -0.358 e. The molecular weight excluding hydrogens is 644 g/mol. The molecule has 7 rings (SSSR count). The van der Waals surface area contributed by atoms with Gasteiger partial charge in [-0.15, -0.1) is 0 Å². The van der Waals surface area contributed by atoms with E-state index in [0.29, 0.717) is 12.3 Å². The predicted molar refractivity (Wildman–Crippen MR) is 175 cm³/mol. The van der Waals surface area contributed by atoms with Gasteiger partial charge in [0, 0.05) is 42.0 Å². The summed E-state index contributed by atoms with van der Waals surface area (Å²) in [5.41, 5.74) is 7.36. The highest BCUT2D eigenvalue weighted by atomic mass is 127. The van der Waals surface area contributed by atoms with Crippen molar-refractivity contribution in [2.24, 2.45) is 9.98 Å². The van der Waals surface area contributed by atoms with Crippen LogP contribution < -0.4 is 10.6 Å². The number of hydrogen-bond acceptors (Lipinski definition) is 6. The number of nitrogens with zero attached hydrogens (tertiary/aromatic N) is 4. The summed E-state index contributed by atoms with van der Waals surface area (Å²) in [5, 5.41) is 15.2. The fraction of sp³-hybridized carbons (Fsp3) is 0.281. The predicted octanol–water partition coefficient (Wildman–Crippen LogP) is 5.05. The molecule has 10 heteroatoms. The number of benzene rings is 2. The molecule has 8 nitrogen and oxygen atoms in total. The number of nitrogens with one attached hydrogen (secondary N) is 3. The Labute approximate surface area is 253 Å². The Morgan fingerprint density at radius 3 is 2.90 bits per heavy atom. The average Bonchev–Trinajstić information content (AvgIpc) is 3.76. The van der Waals surface area contributed by atoms with E-state index in [1.165, 1.54) is 12.8 Å². The van der Waals surface area contributed by atoms with Gasteiger partial charge < -0.3 is 10.6 Å². The van der Waals surface area contributed by atoms with Gasteiger partial charge in [0.2, 0.25) is 5.91 Å². The SMILES string of the molecule is CCC(=O)NC1=CC(c2ccc3[nH]nc(C4=NC5C(c6cc(F)cc(CN7CCCC7)c6)=CN=CC5N4)c3c2)=CI=C1. The summed E-state index contributed by atoms with van der Waals surface area (Å²) in [7, 11) is 0. The van der Waals surface area contributed by atoms with Crippen LogP contribution >= 0.6 is 20.7 Å². The van der Waals surface area contributed by atoms with Crippen LogP contribution in [0.15, 0.2) is 68.4 Å². The highest BCUT2D eigenvalue weighted by Gasteiger charge is 2.35. The minimum atomic E-state index is -0.305. The number of halogens is 2. The third-order valence-corrected chi connectivity index (χ3v) is 10.0. The zero-order valence-corrected chi connectivity index (χ0v) is 25.4. The van der Waals surface area contributed by atoms with Gasteiger partial charge in [0.25, 0.3) is 0 Å². The Balaban J connectivity index is 1.18. The Kier molecular flexibility index (Phi) is 7.41. The highest BCUT2D eigenvalue weighted by molar-refractivity contribution is 14.2. The molecule has 0 aliphatic carbocycles. The van der Waals surface area contributed by atoms with Gasteiger partial charge in [-0.3, -0.25) is 24.8 Å². The van der Waals surface area contributed by atoms with E-state index < -0.39 is 0 Å². The van der Waals surface area contributed by atoms with E-state index in [0.717, 1.165) is 69.8 Å². The van der Waals surface area contributed by atoms with Crippen molar-refractivity contribution in [3.63, 3.8) is 0 Å². The zero-order valence-electron chi connectivity index (χ0n) is 23.2. The zero-order chi connectivity index (χ0) is 28.6. The van der Waals surface area contributed by atoms with Gasteiger partial charge in [-0.25, -0.2) is 4.39 Å². The van der Waals surface area contributed by atoms with E-state index in [1.54, 1.807) is 18.3 Å². The van der Waals surface area contributed by atoms with E-state index in [2.05, 4.69) is 57.0 Å². The van der Waals surface area contributed by atoms with Gasteiger partial charge in [-0.1, -0.05) is 33.7 Å². The summed E-state index contributed by atoms with van der Waals surface area (Å²) in [6, 6.07) is 11.2. The average molecular weight is 676 g/mol. The molecule has 3 aromatic rings. The Hall–Kier alpha value is -3.77. The first-order valence-corrected chi connectivity index (χ1v) is 16.8. The standard InChI is InChI=1S/C32H31FIN7O/c1-2-29(42)36-24-12-22(14-34-15-24)20-5-6-27-25(13-20)31(40-39-27)32-37-28-17-35-16-26(30(28)38-32)21-9-19(10-23(33)11-21)18-41-7-3-4-8-41/h5-6,9-17,28,30H,2-4,7-8,18H2,1H3,(H,36,42)(H,37,38)(H,39,40). The Bertz CT molecular complexity index is 1760. The van der Waals surface area contributed by atoms with E-state index in [9.17, 15) is 9.18 Å². The molecule has 4 aliphatic heterocycles. The fourth-order valence-corrected chi connectivity index (χ4v) is 7.71. The van der Waals surface area contributed by atoms with Gasteiger partial charge in [0.05, 0.1) is 11.6 Å². The molecule has 0 bridgehead atoms. The molecule has 0 radical (unpaired) electrons. The molecule has 42 heavy (non-hydrogen) atoms. The van der Waals surface area contributed by atoms with Gasteiger partial charge >= 0.3 is 0 Å². The molecule has 0 spiro atoms. The van der Waals surface area contributed by atoms with Gasteiger partial charge in [-0.2, -0.15) is 5.10 Å². The molecule has 2 aromatic carbocycles. The molecule has 1 saturated heterocycles. The van der Waals surface area contributed by atoms with E-state index in [4.69, 9.17) is 4.99 Å². The maximum Gasteiger partial charge on any atom is 0.224 e. The summed E-state index contributed by atoms with van der Waals surface area (Å²) >= 11 is -0.305. The van der Waals surface area contributed by atoms with E-state index in [1.807, 2.05) is 25.3 Å². The normalized spacial score (nSPS) is 21.7. The largest absolute Gasteiger partial charge is 0.358 e. The number of carbonyl (C=O) groups excluding carboxylic acids is 1. The van der Waals surface area contributed by atoms with Crippen LogP contribution in [0.4, 0.5) is 4.39 Å². The van der Waals surface area contributed by atoms with Gasteiger partial charge in [0.15, 0.2) is 5.84 Å². The smallest absolute Gasteiger partial charge is 0.224 e.